The smallest absolute Gasteiger partial charge is 0.186 e. The van der Waals surface area contributed by atoms with Gasteiger partial charge in [0.1, 0.15) is 0 Å². The minimum Gasteiger partial charge on any atom is -0.342 e. The number of aryl methyl sites for hydroxylation is 2. The lowest BCUT2D eigenvalue weighted by atomic mass is 9.82. The third-order valence-electron chi connectivity index (χ3n) is 5.07. The van der Waals surface area contributed by atoms with Crippen molar-refractivity contribution in [1.82, 2.24) is 4.98 Å². The van der Waals surface area contributed by atoms with Gasteiger partial charge in [0, 0.05) is 23.0 Å². The molecule has 4 rings (SSSR count). The molecule has 0 amide bonds. The zero-order valence-electron chi connectivity index (χ0n) is 11.5. The molecule has 0 radical (unpaired) electrons. The summed E-state index contributed by atoms with van der Waals surface area (Å²) in [6.07, 6.45) is 11.5. The fourth-order valence-corrected chi connectivity index (χ4v) is 5.48. The Morgan fingerprint density at radius 2 is 1.79 bits per heavy atom. The van der Waals surface area contributed by atoms with E-state index in [2.05, 4.69) is 4.90 Å². The maximum Gasteiger partial charge on any atom is 0.186 e. The van der Waals surface area contributed by atoms with Crippen molar-refractivity contribution in [2.24, 2.45) is 5.73 Å². The molecule has 0 aromatic carbocycles. The summed E-state index contributed by atoms with van der Waals surface area (Å²) in [5.41, 5.74) is 7.62. The largest absolute Gasteiger partial charge is 0.342 e. The van der Waals surface area contributed by atoms with Crippen molar-refractivity contribution in [3.05, 3.63) is 10.6 Å². The molecule has 0 spiro atoms. The predicted molar refractivity (Wildman–Crippen MR) is 79.9 cm³/mol. The fourth-order valence-electron chi connectivity index (χ4n) is 4.18. The van der Waals surface area contributed by atoms with Gasteiger partial charge in [-0.3, -0.25) is 0 Å². The lowest BCUT2D eigenvalue weighted by molar-refractivity contribution is 0.271. The number of piperidine rings is 2. The molecule has 3 nitrogen and oxygen atoms in total. The second-order valence-corrected chi connectivity index (χ2v) is 7.51. The van der Waals surface area contributed by atoms with Crippen LogP contribution in [0.15, 0.2) is 0 Å². The molecule has 3 heterocycles. The van der Waals surface area contributed by atoms with Crippen LogP contribution in [-0.2, 0) is 12.8 Å². The molecule has 2 saturated heterocycles. The first-order valence-corrected chi connectivity index (χ1v) is 8.65. The molecule has 2 N–H and O–H groups in total. The van der Waals surface area contributed by atoms with Crippen LogP contribution in [0.4, 0.5) is 5.13 Å². The summed E-state index contributed by atoms with van der Waals surface area (Å²) in [6, 6.07) is 1.74. The lowest BCUT2D eigenvalue weighted by Gasteiger charge is -2.48. The van der Waals surface area contributed by atoms with E-state index in [1.165, 1.54) is 68.6 Å². The first-order chi connectivity index (χ1) is 9.31. The van der Waals surface area contributed by atoms with Crippen LogP contribution in [0.1, 0.15) is 55.5 Å². The van der Waals surface area contributed by atoms with Gasteiger partial charge in [-0.15, -0.1) is 11.3 Å². The summed E-state index contributed by atoms with van der Waals surface area (Å²) < 4.78 is 0. The average Bonchev–Trinajstić information content (AvgIpc) is 2.80. The van der Waals surface area contributed by atoms with Crippen molar-refractivity contribution in [2.75, 3.05) is 4.90 Å². The molecule has 1 aromatic rings. The van der Waals surface area contributed by atoms with Crippen LogP contribution < -0.4 is 10.6 Å². The third kappa shape index (κ3) is 2.09. The van der Waals surface area contributed by atoms with Crippen molar-refractivity contribution in [2.45, 2.75) is 75.9 Å². The Balaban J connectivity index is 1.65. The number of nitrogens with two attached hydrogens (primary N) is 1. The van der Waals surface area contributed by atoms with Crippen LogP contribution in [0.2, 0.25) is 0 Å². The summed E-state index contributed by atoms with van der Waals surface area (Å²) >= 11 is 1.97. The molecular formula is C15H23N3S. The SMILES string of the molecule is NC1CC2CCCC(C1)N2c1nc2c(s1)CCCC2. The monoisotopic (exact) mass is 277 g/mol. The Morgan fingerprint density at radius 3 is 2.53 bits per heavy atom. The average molecular weight is 277 g/mol. The molecule has 104 valence electrons. The van der Waals surface area contributed by atoms with Crippen LogP contribution >= 0.6 is 11.3 Å². The molecule has 2 unspecified atom stereocenters. The molecule has 2 fully saturated rings. The molecule has 19 heavy (non-hydrogen) atoms. The second-order valence-electron chi connectivity index (χ2n) is 6.45. The van der Waals surface area contributed by atoms with Crippen molar-refractivity contribution in [1.29, 1.82) is 0 Å². The number of anilines is 1. The highest BCUT2D eigenvalue weighted by atomic mass is 32.1. The van der Waals surface area contributed by atoms with E-state index in [4.69, 9.17) is 10.7 Å². The van der Waals surface area contributed by atoms with Crippen LogP contribution in [0.3, 0.4) is 0 Å². The molecule has 1 aromatic heterocycles. The molecule has 4 heteroatoms. The van der Waals surface area contributed by atoms with Gasteiger partial charge in [-0.1, -0.05) is 0 Å². The predicted octanol–water partition coefficient (Wildman–Crippen LogP) is 2.87. The maximum atomic E-state index is 6.22. The Bertz CT molecular complexity index is 432. The maximum absolute atomic E-state index is 6.22. The number of nitrogens with zero attached hydrogens (tertiary/aromatic N) is 2. The summed E-state index contributed by atoms with van der Waals surface area (Å²) in [4.78, 5) is 9.20. The van der Waals surface area contributed by atoms with Crippen molar-refractivity contribution in [3.63, 3.8) is 0 Å². The second kappa shape index (κ2) is 4.74. The molecule has 1 aliphatic carbocycles. The first-order valence-electron chi connectivity index (χ1n) is 7.84. The summed E-state index contributed by atoms with van der Waals surface area (Å²) in [5, 5.41) is 1.31. The number of hydrogen-bond donors (Lipinski definition) is 1. The third-order valence-corrected chi connectivity index (χ3v) is 6.24. The normalized spacial score (nSPS) is 34.2. The van der Waals surface area contributed by atoms with E-state index in [-0.39, 0.29) is 0 Å². The van der Waals surface area contributed by atoms with Gasteiger partial charge in [0.15, 0.2) is 5.13 Å². The molecule has 3 aliphatic rings. The highest BCUT2D eigenvalue weighted by molar-refractivity contribution is 7.15. The Kier molecular flexibility index (Phi) is 3.03. The van der Waals surface area contributed by atoms with E-state index in [1.54, 1.807) is 4.88 Å². The topological polar surface area (TPSA) is 42.1 Å². The molecular weight excluding hydrogens is 254 g/mol. The van der Waals surface area contributed by atoms with Crippen LogP contribution in [0, 0.1) is 0 Å². The molecule has 0 saturated carbocycles. The van der Waals surface area contributed by atoms with Gasteiger partial charge in [-0.2, -0.15) is 0 Å². The van der Waals surface area contributed by atoms with Crippen LogP contribution in [0.25, 0.3) is 0 Å². The lowest BCUT2D eigenvalue weighted by Crippen LogP contribution is -2.55. The zero-order valence-corrected chi connectivity index (χ0v) is 12.3. The highest BCUT2D eigenvalue weighted by Gasteiger charge is 2.38. The zero-order chi connectivity index (χ0) is 12.8. The van der Waals surface area contributed by atoms with Gasteiger partial charge < -0.3 is 10.6 Å². The number of rotatable bonds is 1. The van der Waals surface area contributed by atoms with Crippen molar-refractivity contribution >= 4 is 16.5 Å². The molecule has 2 aliphatic heterocycles. The van der Waals surface area contributed by atoms with Gasteiger partial charge in [-0.25, -0.2) is 4.98 Å². The van der Waals surface area contributed by atoms with Crippen LogP contribution in [0.5, 0.6) is 0 Å². The highest BCUT2D eigenvalue weighted by Crippen LogP contribution is 2.41. The minimum absolute atomic E-state index is 0.418. The first kappa shape index (κ1) is 12.2. The van der Waals surface area contributed by atoms with E-state index < -0.39 is 0 Å². The van der Waals surface area contributed by atoms with E-state index in [9.17, 15) is 0 Å². The van der Waals surface area contributed by atoms with Gasteiger partial charge in [0.2, 0.25) is 0 Å². The van der Waals surface area contributed by atoms with Crippen molar-refractivity contribution < 1.29 is 0 Å². The van der Waals surface area contributed by atoms with E-state index in [0.29, 0.717) is 18.1 Å². The number of aromatic nitrogens is 1. The van der Waals surface area contributed by atoms with Crippen molar-refractivity contribution in [3.8, 4) is 0 Å². The summed E-state index contributed by atoms with van der Waals surface area (Å²) in [5.74, 6) is 0. The fraction of sp³-hybridized carbons (Fsp3) is 0.800. The van der Waals surface area contributed by atoms with E-state index in [0.717, 1.165) is 0 Å². The number of fused-ring (bicyclic) bond motifs is 3. The quantitative estimate of drug-likeness (QED) is 0.858. The molecule has 2 atom stereocenters. The van der Waals surface area contributed by atoms with Gasteiger partial charge in [-0.05, 0) is 57.8 Å². The number of thiazole rings is 1. The summed E-state index contributed by atoms with van der Waals surface area (Å²) in [6.45, 7) is 0. The van der Waals surface area contributed by atoms with Gasteiger partial charge in [0.05, 0.1) is 5.69 Å². The van der Waals surface area contributed by atoms with E-state index in [1.807, 2.05) is 11.3 Å². The Labute approximate surface area is 119 Å². The Hall–Kier alpha value is -0.610. The standard InChI is InChI=1S/C15H23N3S/c16-10-8-11-4-3-5-12(9-10)18(11)15-17-13-6-1-2-7-14(13)19-15/h10-12H,1-9,16H2. The number of hydrogen-bond acceptors (Lipinski definition) is 4. The van der Waals surface area contributed by atoms with E-state index >= 15 is 0 Å². The van der Waals surface area contributed by atoms with Gasteiger partial charge in [0.25, 0.3) is 0 Å². The Morgan fingerprint density at radius 1 is 1.05 bits per heavy atom. The summed E-state index contributed by atoms with van der Waals surface area (Å²) in [7, 11) is 0. The van der Waals surface area contributed by atoms with Gasteiger partial charge >= 0.3 is 0 Å². The minimum atomic E-state index is 0.418. The van der Waals surface area contributed by atoms with Crippen LogP contribution in [-0.4, -0.2) is 23.1 Å². The molecule has 2 bridgehead atoms.